The molecule has 5 rings (SSSR count). The molecule has 3 aromatic heterocycles. The van der Waals surface area contributed by atoms with Crippen LogP contribution in [0.4, 0.5) is 11.5 Å². The van der Waals surface area contributed by atoms with E-state index in [0.717, 1.165) is 22.3 Å². The number of anilines is 1. The first-order valence-corrected chi connectivity index (χ1v) is 11.4. The number of carbonyl (C=O) groups excluding carboxylic acids is 1. The van der Waals surface area contributed by atoms with Crippen LogP contribution in [0.25, 0.3) is 16.9 Å². The number of carbonyl (C=O) groups is 1. The predicted molar refractivity (Wildman–Crippen MR) is 137 cm³/mol. The molecule has 0 radical (unpaired) electrons. The van der Waals surface area contributed by atoms with Crippen molar-refractivity contribution in [3.05, 3.63) is 111 Å². The Bertz CT molecular complexity index is 1600. The third-order valence-electron chi connectivity index (χ3n) is 6.20. The highest BCUT2D eigenvalue weighted by Gasteiger charge is 2.22. The van der Waals surface area contributed by atoms with Gasteiger partial charge in [0.2, 0.25) is 0 Å². The highest BCUT2D eigenvalue weighted by atomic mass is 16.6. The molecule has 0 bridgehead atoms. The molecule has 1 N–H and O–H groups in total. The van der Waals surface area contributed by atoms with Gasteiger partial charge in [-0.25, -0.2) is 4.98 Å². The number of rotatable bonds is 6. The van der Waals surface area contributed by atoms with Gasteiger partial charge >= 0.3 is 5.69 Å². The Morgan fingerprint density at radius 2 is 1.72 bits per heavy atom. The molecule has 9 nitrogen and oxygen atoms in total. The van der Waals surface area contributed by atoms with E-state index in [0.29, 0.717) is 35.0 Å². The number of benzene rings is 2. The van der Waals surface area contributed by atoms with Gasteiger partial charge in [-0.2, -0.15) is 5.10 Å². The average Bonchev–Trinajstić information content (AvgIpc) is 3.37. The van der Waals surface area contributed by atoms with Gasteiger partial charge in [0.1, 0.15) is 28.5 Å². The molecule has 3 heterocycles. The van der Waals surface area contributed by atoms with Crippen molar-refractivity contribution in [1.82, 2.24) is 19.2 Å². The van der Waals surface area contributed by atoms with Gasteiger partial charge in [-0.1, -0.05) is 48.5 Å². The molecule has 0 unspecified atom stereocenters. The van der Waals surface area contributed by atoms with Crippen molar-refractivity contribution < 1.29 is 9.72 Å². The van der Waals surface area contributed by atoms with Crippen molar-refractivity contribution in [1.29, 1.82) is 0 Å². The molecule has 0 fully saturated rings. The maximum Gasteiger partial charge on any atom is 0.312 e. The van der Waals surface area contributed by atoms with Gasteiger partial charge in [0.25, 0.3) is 5.91 Å². The molecule has 180 valence electrons. The van der Waals surface area contributed by atoms with Crippen LogP contribution in [-0.4, -0.2) is 30.0 Å². The summed E-state index contributed by atoms with van der Waals surface area (Å²) in [7, 11) is 0. The van der Waals surface area contributed by atoms with Gasteiger partial charge in [-0.15, -0.1) is 0 Å². The third kappa shape index (κ3) is 4.11. The van der Waals surface area contributed by atoms with E-state index >= 15 is 0 Å². The van der Waals surface area contributed by atoms with E-state index in [9.17, 15) is 14.9 Å². The second-order valence-corrected chi connectivity index (χ2v) is 8.65. The molecule has 0 aliphatic heterocycles. The number of aryl methyl sites for hydroxylation is 2. The lowest BCUT2D eigenvalue weighted by Gasteiger charge is -2.09. The number of pyridine rings is 1. The van der Waals surface area contributed by atoms with Gasteiger partial charge in [-0.05, 0) is 50.1 Å². The van der Waals surface area contributed by atoms with E-state index < -0.39 is 4.92 Å². The lowest BCUT2D eigenvalue weighted by atomic mass is 10.1. The SMILES string of the molecule is Cc1nn(Cc2ccc(C(=O)Nc3c(-c4ccccc4)nc4c(C)cccn34)cc2)c(C)c1[N+](=O)[O-]. The zero-order chi connectivity index (χ0) is 25.4. The van der Waals surface area contributed by atoms with Crippen molar-refractivity contribution in [2.45, 2.75) is 27.3 Å². The number of nitrogens with one attached hydrogen (secondary N) is 1. The Labute approximate surface area is 207 Å². The summed E-state index contributed by atoms with van der Waals surface area (Å²) in [5, 5.41) is 18.6. The summed E-state index contributed by atoms with van der Waals surface area (Å²) >= 11 is 0. The third-order valence-corrected chi connectivity index (χ3v) is 6.20. The van der Waals surface area contributed by atoms with Gasteiger partial charge < -0.3 is 5.32 Å². The van der Waals surface area contributed by atoms with E-state index in [-0.39, 0.29) is 11.6 Å². The number of amides is 1. The molecule has 36 heavy (non-hydrogen) atoms. The molecule has 1 amide bonds. The first kappa shape index (κ1) is 23.0. The lowest BCUT2D eigenvalue weighted by molar-refractivity contribution is -0.386. The monoisotopic (exact) mass is 480 g/mol. The topological polar surface area (TPSA) is 107 Å². The normalized spacial score (nSPS) is 11.1. The number of fused-ring (bicyclic) bond motifs is 1. The number of nitrogens with zero attached hydrogens (tertiary/aromatic N) is 5. The summed E-state index contributed by atoms with van der Waals surface area (Å²) in [6, 6.07) is 20.8. The average molecular weight is 481 g/mol. The molecule has 0 saturated heterocycles. The molecule has 0 saturated carbocycles. The molecular formula is C27H24N6O3. The van der Waals surface area contributed by atoms with Crippen LogP contribution in [0.5, 0.6) is 0 Å². The lowest BCUT2D eigenvalue weighted by Crippen LogP contribution is -2.14. The minimum Gasteiger partial charge on any atom is -0.306 e. The standard InChI is InChI=1S/C27H24N6O3/c1-17-8-7-15-31-25(17)28-23(21-9-5-4-6-10-21)26(31)29-27(34)22-13-11-20(12-14-22)16-32-19(3)24(33(35)36)18(2)30-32/h4-15H,16H2,1-3H3,(H,29,34). The number of imidazole rings is 1. The summed E-state index contributed by atoms with van der Waals surface area (Å²) < 4.78 is 3.50. The second kappa shape index (κ2) is 9.10. The Morgan fingerprint density at radius 1 is 1.00 bits per heavy atom. The Kier molecular flexibility index (Phi) is 5.81. The second-order valence-electron chi connectivity index (χ2n) is 8.65. The van der Waals surface area contributed by atoms with Crippen LogP contribution in [0.15, 0.2) is 72.9 Å². The number of hydrogen-bond donors (Lipinski definition) is 1. The van der Waals surface area contributed by atoms with Crippen molar-refractivity contribution in [2.24, 2.45) is 0 Å². The van der Waals surface area contributed by atoms with E-state index in [1.807, 2.05) is 72.1 Å². The smallest absolute Gasteiger partial charge is 0.306 e. The zero-order valence-electron chi connectivity index (χ0n) is 20.1. The highest BCUT2D eigenvalue weighted by molar-refractivity contribution is 6.05. The van der Waals surface area contributed by atoms with Gasteiger partial charge in [0.05, 0.1) is 11.5 Å². The van der Waals surface area contributed by atoms with E-state index in [2.05, 4.69) is 10.4 Å². The fourth-order valence-electron chi connectivity index (χ4n) is 4.34. The summed E-state index contributed by atoms with van der Waals surface area (Å²) in [4.78, 5) is 28.9. The summed E-state index contributed by atoms with van der Waals surface area (Å²) in [5.74, 6) is 0.340. The van der Waals surface area contributed by atoms with E-state index in [1.54, 1.807) is 30.7 Å². The minimum atomic E-state index is -0.410. The first-order chi connectivity index (χ1) is 17.3. The molecule has 2 aromatic carbocycles. The van der Waals surface area contributed by atoms with Crippen molar-refractivity contribution >= 4 is 23.1 Å². The number of aromatic nitrogens is 4. The molecule has 0 aliphatic rings. The minimum absolute atomic E-state index is 0.0310. The van der Waals surface area contributed by atoms with Gasteiger partial charge in [0, 0.05) is 17.3 Å². The van der Waals surface area contributed by atoms with E-state index in [1.165, 1.54) is 0 Å². The van der Waals surface area contributed by atoms with Gasteiger partial charge in [-0.3, -0.25) is 24.0 Å². The molecular weight excluding hydrogens is 456 g/mol. The molecule has 9 heteroatoms. The molecule has 0 aliphatic carbocycles. The van der Waals surface area contributed by atoms with E-state index in [4.69, 9.17) is 4.98 Å². The van der Waals surface area contributed by atoms with Crippen LogP contribution in [0, 0.1) is 30.9 Å². The fraction of sp³-hybridized carbons (Fsp3) is 0.148. The van der Waals surface area contributed by atoms with Crippen molar-refractivity contribution in [3.63, 3.8) is 0 Å². The van der Waals surface area contributed by atoms with Crippen LogP contribution in [0.2, 0.25) is 0 Å². The fourth-order valence-corrected chi connectivity index (χ4v) is 4.34. The van der Waals surface area contributed by atoms with Crippen LogP contribution in [0.3, 0.4) is 0 Å². The zero-order valence-corrected chi connectivity index (χ0v) is 20.1. The number of hydrogen-bond acceptors (Lipinski definition) is 5. The maximum absolute atomic E-state index is 13.2. The first-order valence-electron chi connectivity index (χ1n) is 11.4. The number of nitro groups is 1. The molecule has 5 aromatic rings. The van der Waals surface area contributed by atoms with Crippen molar-refractivity contribution in [3.8, 4) is 11.3 Å². The largest absolute Gasteiger partial charge is 0.312 e. The summed E-state index contributed by atoms with van der Waals surface area (Å²) in [6.45, 7) is 5.66. The maximum atomic E-state index is 13.2. The highest BCUT2D eigenvalue weighted by Crippen LogP contribution is 2.30. The molecule has 0 atom stereocenters. The Balaban J connectivity index is 1.42. The van der Waals surface area contributed by atoms with Crippen LogP contribution in [0.1, 0.15) is 32.9 Å². The quantitative estimate of drug-likeness (QED) is 0.261. The Hall–Kier alpha value is -4.79. The summed E-state index contributed by atoms with van der Waals surface area (Å²) in [5.41, 5.74) is 5.66. The summed E-state index contributed by atoms with van der Waals surface area (Å²) in [6.07, 6.45) is 1.88. The van der Waals surface area contributed by atoms with Gasteiger partial charge in [0.15, 0.2) is 0 Å². The van der Waals surface area contributed by atoms with Crippen molar-refractivity contribution in [2.75, 3.05) is 5.32 Å². The van der Waals surface area contributed by atoms with Crippen LogP contribution < -0.4 is 5.32 Å². The van der Waals surface area contributed by atoms with Crippen LogP contribution >= 0.6 is 0 Å². The Morgan fingerprint density at radius 3 is 2.39 bits per heavy atom. The van der Waals surface area contributed by atoms with Crippen LogP contribution in [-0.2, 0) is 6.54 Å². The predicted octanol–water partition coefficient (Wildman–Crippen LogP) is 5.33. The molecule has 0 spiro atoms.